The van der Waals surface area contributed by atoms with Crippen LogP contribution < -0.4 is 0 Å². The summed E-state index contributed by atoms with van der Waals surface area (Å²) in [5.74, 6) is 0. The number of unbranched alkanes of at least 4 members (excludes halogenated alkanes) is 6. The lowest BCUT2D eigenvalue weighted by Gasteiger charge is -2.00. The highest BCUT2D eigenvalue weighted by atomic mass is 33.1. The predicted molar refractivity (Wildman–Crippen MR) is 82.7 cm³/mol. The number of rotatable bonds is 10. The topological polar surface area (TPSA) is 34.1 Å². The fourth-order valence-corrected chi connectivity index (χ4v) is 3.27. The molecule has 0 N–H and O–H groups in total. The summed E-state index contributed by atoms with van der Waals surface area (Å²) >= 11 is 0. The zero-order valence-corrected chi connectivity index (χ0v) is 13.3. The molecule has 0 aliphatic rings. The Hall–Kier alpha value is 0.0400. The molecule has 0 aliphatic heterocycles. The van der Waals surface area contributed by atoms with Crippen LogP contribution in [-0.2, 0) is 9.59 Å². The lowest BCUT2D eigenvalue weighted by atomic mass is 10.2. The summed E-state index contributed by atoms with van der Waals surface area (Å²) in [6.07, 6.45) is 10.2. The molecule has 0 aromatic carbocycles. The van der Waals surface area contributed by atoms with E-state index in [1.54, 1.807) is 0 Å². The summed E-state index contributed by atoms with van der Waals surface area (Å²) in [6.45, 7) is 4.31. The molecular weight excluding hydrogens is 264 g/mol. The molecule has 0 fully saturated rings. The van der Waals surface area contributed by atoms with E-state index in [0.717, 1.165) is 47.3 Å². The van der Waals surface area contributed by atoms with Crippen molar-refractivity contribution >= 4 is 31.8 Å². The summed E-state index contributed by atoms with van der Waals surface area (Å²) in [7, 11) is 2.27. The summed E-state index contributed by atoms with van der Waals surface area (Å²) in [5.41, 5.74) is 0. The van der Waals surface area contributed by atoms with Gasteiger partial charge in [-0.25, -0.2) is 0 Å². The molecule has 0 aromatic rings. The molecule has 2 nitrogen and oxygen atoms in total. The SMILES string of the molecule is CCCCCCC(=O)SSC(=O)CCCCCC. The molecule has 0 heterocycles. The number of carbonyl (C=O) groups excluding carboxylic acids is 2. The molecule has 0 unspecified atom stereocenters. The van der Waals surface area contributed by atoms with Gasteiger partial charge >= 0.3 is 0 Å². The van der Waals surface area contributed by atoms with Crippen LogP contribution in [0.15, 0.2) is 0 Å². The first-order valence-electron chi connectivity index (χ1n) is 7.10. The third-order valence-electron chi connectivity index (χ3n) is 2.70. The van der Waals surface area contributed by atoms with Crippen LogP contribution in [0.25, 0.3) is 0 Å². The number of carbonyl (C=O) groups is 2. The van der Waals surface area contributed by atoms with Gasteiger partial charge in [0, 0.05) is 12.8 Å². The van der Waals surface area contributed by atoms with Crippen LogP contribution in [-0.4, -0.2) is 10.2 Å². The van der Waals surface area contributed by atoms with E-state index >= 15 is 0 Å². The third kappa shape index (κ3) is 12.5. The zero-order chi connectivity index (χ0) is 13.6. The predicted octanol–water partition coefficient (Wildman–Crippen LogP) is 5.36. The molecule has 0 saturated carbocycles. The van der Waals surface area contributed by atoms with Crippen molar-refractivity contribution in [2.75, 3.05) is 0 Å². The van der Waals surface area contributed by atoms with Crippen molar-refractivity contribution in [3.63, 3.8) is 0 Å². The second kappa shape index (κ2) is 13.5. The Morgan fingerprint density at radius 1 is 0.667 bits per heavy atom. The molecule has 0 amide bonds. The lowest BCUT2D eigenvalue weighted by Crippen LogP contribution is -1.93. The molecule has 0 atom stereocenters. The Kier molecular flexibility index (Phi) is 13.5. The van der Waals surface area contributed by atoms with Crippen molar-refractivity contribution in [2.24, 2.45) is 0 Å². The first kappa shape index (κ1) is 18.0. The van der Waals surface area contributed by atoms with Gasteiger partial charge in [-0.2, -0.15) is 0 Å². The standard InChI is InChI=1S/C14H26O2S2/c1-3-5-7-9-11-13(15)17-18-14(16)12-10-8-6-4-2/h3-12H2,1-2H3. The zero-order valence-electron chi connectivity index (χ0n) is 11.7. The van der Waals surface area contributed by atoms with Crippen LogP contribution in [0.4, 0.5) is 0 Å². The van der Waals surface area contributed by atoms with Crippen LogP contribution in [0.2, 0.25) is 0 Å². The second-order valence-corrected chi connectivity index (χ2v) is 6.78. The maximum absolute atomic E-state index is 11.5. The minimum absolute atomic E-state index is 0.151. The van der Waals surface area contributed by atoms with Gasteiger partial charge in [-0.3, -0.25) is 9.59 Å². The van der Waals surface area contributed by atoms with E-state index in [1.165, 1.54) is 25.7 Å². The molecular formula is C14H26O2S2. The Morgan fingerprint density at radius 2 is 1.06 bits per heavy atom. The van der Waals surface area contributed by atoms with Crippen molar-refractivity contribution < 1.29 is 9.59 Å². The van der Waals surface area contributed by atoms with Crippen LogP contribution in [0.3, 0.4) is 0 Å². The average molecular weight is 290 g/mol. The van der Waals surface area contributed by atoms with Gasteiger partial charge in [0.25, 0.3) is 0 Å². The molecule has 18 heavy (non-hydrogen) atoms. The van der Waals surface area contributed by atoms with E-state index in [2.05, 4.69) is 13.8 Å². The van der Waals surface area contributed by atoms with E-state index in [4.69, 9.17) is 0 Å². The second-order valence-electron chi connectivity index (χ2n) is 4.53. The smallest absolute Gasteiger partial charge is 0.199 e. The Balaban J connectivity index is 3.39. The molecule has 0 aromatic heterocycles. The molecule has 106 valence electrons. The minimum Gasteiger partial charge on any atom is -0.286 e. The van der Waals surface area contributed by atoms with Gasteiger partial charge in [-0.1, -0.05) is 52.4 Å². The monoisotopic (exact) mass is 290 g/mol. The fraction of sp³-hybridized carbons (Fsp3) is 0.857. The Bertz CT molecular complexity index is 206. The van der Waals surface area contributed by atoms with E-state index in [1.807, 2.05) is 0 Å². The number of hydrogen-bond donors (Lipinski definition) is 0. The van der Waals surface area contributed by atoms with Crippen molar-refractivity contribution in [3.8, 4) is 0 Å². The highest BCUT2D eigenvalue weighted by Gasteiger charge is 2.08. The Labute approximate surface area is 119 Å². The van der Waals surface area contributed by atoms with Gasteiger partial charge < -0.3 is 0 Å². The third-order valence-corrected chi connectivity index (χ3v) is 4.93. The molecule has 0 rings (SSSR count). The van der Waals surface area contributed by atoms with Crippen molar-refractivity contribution in [1.29, 1.82) is 0 Å². The van der Waals surface area contributed by atoms with E-state index in [0.29, 0.717) is 12.8 Å². The first-order chi connectivity index (χ1) is 8.70. The summed E-state index contributed by atoms with van der Waals surface area (Å²) in [4.78, 5) is 23.0. The van der Waals surface area contributed by atoms with Crippen molar-refractivity contribution in [3.05, 3.63) is 0 Å². The maximum Gasteiger partial charge on any atom is 0.199 e. The average Bonchev–Trinajstić information content (AvgIpc) is 2.37. The van der Waals surface area contributed by atoms with Crippen molar-refractivity contribution in [2.45, 2.75) is 78.1 Å². The normalized spacial score (nSPS) is 10.6. The summed E-state index contributed by atoms with van der Waals surface area (Å²) in [5, 5.41) is 0.302. The van der Waals surface area contributed by atoms with Crippen LogP contribution in [0.1, 0.15) is 78.1 Å². The van der Waals surface area contributed by atoms with Gasteiger partial charge in [0.1, 0.15) is 0 Å². The highest BCUT2D eigenvalue weighted by Crippen LogP contribution is 2.27. The molecule has 0 spiro atoms. The van der Waals surface area contributed by atoms with Gasteiger partial charge in [-0.05, 0) is 34.4 Å². The van der Waals surface area contributed by atoms with Gasteiger partial charge in [0.15, 0.2) is 10.2 Å². The molecule has 0 aliphatic carbocycles. The minimum atomic E-state index is 0.151. The van der Waals surface area contributed by atoms with E-state index in [9.17, 15) is 9.59 Å². The number of hydrogen-bond acceptors (Lipinski definition) is 4. The van der Waals surface area contributed by atoms with Crippen LogP contribution >= 0.6 is 21.6 Å². The molecule has 0 saturated heterocycles. The molecule has 4 heteroatoms. The molecule has 0 bridgehead atoms. The van der Waals surface area contributed by atoms with Gasteiger partial charge in [-0.15, -0.1) is 0 Å². The van der Waals surface area contributed by atoms with E-state index < -0.39 is 0 Å². The molecule has 0 radical (unpaired) electrons. The quantitative estimate of drug-likeness (QED) is 0.400. The lowest BCUT2D eigenvalue weighted by molar-refractivity contribution is -0.112. The largest absolute Gasteiger partial charge is 0.286 e. The van der Waals surface area contributed by atoms with E-state index in [-0.39, 0.29) is 10.2 Å². The summed E-state index contributed by atoms with van der Waals surface area (Å²) < 4.78 is 0. The Morgan fingerprint density at radius 3 is 1.39 bits per heavy atom. The fourth-order valence-electron chi connectivity index (χ4n) is 1.57. The van der Waals surface area contributed by atoms with Crippen molar-refractivity contribution in [1.82, 2.24) is 0 Å². The highest BCUT2D eigenvalue weighted by molar-refractivity contribution is 8.87. The maximum atomic E-state index is 11.5. The van der Waals surface area contributed by atoms with Gasteiger partial charge in [0.2, 0.25) is 0 Å². The summed E-state index contributed by atoms with van der Waals surface area (Å²) in [6, 6.07) is 0. The first-order valence-corrected chi connectivity index (χ1v) is 9.25. The van der Waals surface area contributed by atoms with Crippen LogP contribution in [0, 0.1) is 0 Å². The van der Waals surface area contributed by atoms with Gasteiger partial charge in [0.05, 0.1) is 0 Å². The van der Waals surface area contributed by atoms with Crippen LogP contribution in [0.5, 0.6) is 0 Å².